The van der Waals surface area contributed by atoms with Crippen molar-refractivity contribution >= 4 is 27.7 Å². The van der Waals surface area contributed by atoms with E-state index in [-0.39, 0.29) is 30.6 Å². The summed E-state index contributed by atoms with van der Waals surface area (Å²) in [5.74, 6) is 0.146. The lowest BCUT2D eigenvalue weighted by Gasteiger charge is -1.99. The van der Waals surface area contributed by atoms with Crippen LogP contribution >= 0.6 is 0 Å². The highest BCUT2D eigenvalue weighted by molar-refractivity contribution is 6.06. The molecule has 0 radical (unpaired) electrons. The number of aromatic nitrogens is 2. The highest BCUT2D eigenvalue weighted by atomic mass is 19.1. The lowest BCUT2D eigenvalue weighted by molar-refractivity contribution is -0.144. The zero-order valence-corrected chi connectivity index (χ0v) is 15.7. The summed E-state index contributed by atoms with van der Waals surface area (Å²) >= 11 is 0. The first-order chi connectivity index (χ1) is 14.7. The molecule has 3 aromatic carbocycles. The molecular formula is C23H15FN2O4. The first kappa shape index (κ1) is 18.1. The fraction of sp³-hybridized carbons (Fsp3) is 0.0870. The molecule has 0 atom stereocenters. The Balaban J connectivity index is 1.25. The van der Waals surface area contributed by atoms with Crippen LogP contribution in [0.2, 0.25) is 0 Å². The molecule has 0 amide bonds. The number of fused-ring (bicyclic) bond motifs is 3. The number of halogens is 1. The number of carbonyl (C=O) groups is 1. The van der Waals surface area contributed by atoms with Crippen LogP contribution in [-0.2, 0) is 22.6 Å². The maximum absolute atomic E-state index is 13.0. The van der Waals surface area contributed by atoms with Crippen LogP contribution in [0, 0.1) is 5.82 Å². The van der Waals surface area contributed by atoms with Gasteiger partial charge in [0.05, 0.1) is 0 Å². The number of hydrogen-bond donors (Lipinski definition) is 0. The average molecular weight is 402 g/mol. The number of ether oxygens (including phenoxy) is 1. The van der Waals surface area contributed by atoms with Crippen molar-refractivity contribution in [3.05, 3.63) is 84.1 Å². The Bertz CT molecular complexity index is 1350. The minimum Gasteiger partial charge on any atom is -0.460 e. The van der Waals surface area contributed by atoms with Gasteiger partial charge in [-0.15, -0.1) is 0 Å². The second-order valence-corrected chi connectivity index (χ2v) is 6.77. The van der Waals surface area contributed by atoms with E-state index in [2.05, 4.69) is 10.1 Å². The van der Waals surface area contributed by atoms with Gasteiger partial charge in [0.1, 0.15) is 23.6 Å². The van der Waals surface area contributed by atoms with Gasteiger partial charge in [-0.2, -0.15) is 4.98 Å². The van der Waals surface area contributed by atoms with Crippen molar-refractivity contribution in [3.63, 3.8) is 0 Å². The second kappa shape index (κ2) is 7.44. The number of benzene rings is 3. The van der Waals surface area contributed by atoms with E-state index >= 15 is 0 Å². The predicted octanol–water partition coefficient (Wildman–Crippen LogP) is 5.06. The Kier molecular flexibility index (Phi) is 4.48. The highest BCUT2D eigenvalue weighted by Gasteiger charge is 2.14. The highest BCUT2D eigenvalue weighted by Crippen LogP contribution is 2.28. The molecule has 0 N–H and O–H groups in total. The van der Waals surface area contributed by atoms with Crippen molar-refractivity contribution in [3.8, 4) is 11.5 Å². The van der Waals surface area contributed by atoms with E-state index in [4.69, 9.17) is 13.7 Å². The number of furan rings is 1. The summed E-state index contributed by atoms with van der Waals surface area (Å²) in [6.45, 7) is -0.132. The molecule has 0 saturated carbocycles. The van der Waals surface area contributed by atoms with Gasteiger partial charge in [0.2, 0.25) is 5.82 Å². The van der Waals surface area contributed by atoms with Crippen LogP contribution < -0.4 is 0 Å². The average Bonchev–Trinajstić information content (AvgIpc) is 3.39. The van der Waals surface area contributed by atoms with Gasteiger partial charge in [-0.05, 0) is 47.2 Å². The van der Waals surface area contributed by atoms with Crippen molar-refractivity contribution < 1.29 is 22.9 Å². The molecule has 0 spiro atoms. The maximum atomic E-state index is 13.0. The summed E-state index contributed by atoms with van der Waals surface area (Å²) in [5.41, 5.74) is 1.30. The van der Waals surface area contributed by atoms with Crippen molar-refractivity contribution in [2.45, 2.75) is 13.0 Å². The molecule has 0 fully saturated rings. The molecule has 0 aliphatic rings. The number of esters is 1. The van der Waals surface area contributed by atoms with Gasteiger partial charge in [0, 0.05) is 10.9 Å². The Hall–Kier alpha value is -4.00. The summed E-state index contributed by atoms with van der Waals surface area (Å²) < 4.78 is 29.2. The fourth-order valence-corrected chi connectivity index (χ4v) is 3.29. The first-order valence-electron chi connectivity index (χ1n) is 9.30. The van der Waals surface area contributed by atoms with Gasteiger partial charge < -0.3 is 13.7 Å². The van der Waals surface area contributed by atoms with Crippen LogP contribution in [-0.4, -0.2) is 16.1 Å². The van der Waals surface area contributed by atoms with E-state index in [9.17, 15) is 9.18 Å². The lowest BCUT2D eigenvalue weighted by Crippen LogP contribution is -2.08. The van der Waals surface area contributed by atoms with E-state index in [1.54, 1.807) is 0 Å². The maximum Gasteiger partial charge on any atom is 0.313 e. The van der Waals surface area contributed by atoms with Gasteiger partial charge in [-0.1, -0.05) is 35.5 Å². The van der Waals surface area contributed by atoms with Crippen molar-refractivity contribution in [2.75, 3.05) is 0 Å². The van der Waals surface area contributed by atoms with Crippen LogP contribution in [0.4, 0.5) is 4.39 Å². The second-order valence-electron chi connectivity index (χ2n) is 6.77. The lowest BCUT2D eigenvalue weighted by atomic mass is 10.1. The standard InChI is InChI=1S/C23H15FN2O4/c24-16-8-5-15(6-9-16)23-25-21(26-30-23)13-28-22(27)12-17-11-19-18-4-2-1-3-14(18)7-10-20(19)29-17/h1-11H,12-13H2. The predicted molar refractivity (Wildman–Crippen MR) is 107 cm³/mol. The van der Waals surface area contributed by atoms with Crippen molar-refractivity contribution in [1.82, 2.24) is 10.1 Å². The Morgan fingerprint density at radius 2 is 1.83 bits per heavy atom. The van der Waals surface area contributed by atoms with Crippen molar-refractivity contribution in [1.29, 1.82) is 0 Å². The van der Waals surface area contributed by atoms with E-state index in [1.165, 1.54) is 24.3 Å². The van der Waals surface area contributed by atoms with Crippen LogP contribution in [0.25, 0.3) is 33.2 Å². The van der Waals surface area contributed by atoms with E-state index < -0.39 is 5.97 Å². The fourth-order valence-electron chi connectivity index (χ4n) is 3.29. The molecule has 7 heteroatoms. The summed E-state index contributed by atoms with van der Waals surface area (Å²) in [5, 5.41) is 6.91. The molecule has 0 aliphatic carbocycles. The molecule has 148 valence electrons. The molecular weight excluding hydrogens is 387 g/mol. The Morgan fingerprint density at radius 3 is 2.70 bits per heavy atom. The molecule has 6 nitrogen and oxygen atoms in total. The molecule has 0 saturated heterocycles. The number of nitrogens with zero attached hydrogens (tertiary/aromatic N) is 2. The normalized spacial score (nSPS) is 11.2. The smallest absolute Gasteiger partial charge is 0.313 e. The first-order valence-corrected chi connectivity index (χ1v) is 9.30. The molecule has 0 unspecified atom stereocenters. The Morgan fingerprint density at radius 1 is 1.00 bits per heavy atom. The zero-order chi connectivity index (χ0) is 20.5. The quantitative estimate of drug-likeness (QED) is 0.382. The Labute approximate surface area is 169 Å². The molecule has 0 bridgehead atoms. The summed E-state index contributed by atoms with van der Waals surface area (Å²) in [7, 11) is 0. The van der Waals surface area contributed by atoms with Crippen molar-refractivity contribution in [2.24, 2.45) is 0 Å². The molecule has 5 aromatic rings. The number of hydrogen-bond acceptors (Lipinski definition) is 6. The van der Waals surface area contributed by atoms with Crippen LogP contribution in [0.5, 0.6) is 0 Å². The van der Waals surface area contributed by atoms with Crippen LogP contribution in [0.3, 0.4) is 0 Å². The molecule has 2 heterocycles. The SMILES string of the molecule is O=C(Cc1cc2c(ccc3ccccc32)o1)OCc1noc(-c2ccc(F)cc2)n1. The summed E-state index contributed by atoms with van der Waals surface area (Å²) in [4.78, 5) is 16.4. The number of rotatable bonds is 5. The largest absolute Gasteiger partial charge is 0.460 e. The van der Waals surface area contributed by atoms with E-state index in [0.29, 0.717) is 11.3 Å². The van der Waals surface area contributed by atoms with E-state index in [0.717, 1.165) is 21.7 Å². The van der Waals surface area contributed by atoms with Crippen LogP contribution in [0.15, 0.2) is 75.7 Å². The third-order valence-corrected chi connectivity index (χ3v) is 4.72. The topological polar surface area (TPSA) is 78.4 Å². The van der Waals surface area contributed by atoms with Gasteiger partial charge >= 0.3 is 5.97 Å². The minimum absolute atomic E-state index is 0.00826. The molecule has 0 aliphatic heterocycles. The zero-order valence-electron chi connectivity index (χ0n) is 15.7. The molecule has 5 rings (SSSR count). The monoisotopic (exact) mass is 402 g/mol. The summed E-state index contributed by atoms with van der Waals surface area (Å²) in [6, 6.07) is 19.4. The third kappa shape index (κ3) is 3.53. The third-order valence-electron chi connectivity index (χ3n) is 4.72. The molecule has 2 aromatic heterocycles. The van der Waals surface area contributed by atoms with Gasteiger partial charge in [-0.3, -0.25) is 4.79 Å². The summed E-state index contributed by atoms with van der Waals surface area (Å²) in [6.07, 6.45) is -0.00826. The minimum atomic E-state index is -0.466. The molecule has 30 heavy (non-hydrogen) atoms. The van der Waals surface area contributed by atoms with Gasteiger partial charge in [0.15, 0.2) is 6.61 Å². The van der Waals surface area contributed by atoms with E-state index in [1.807, 2.05) is 42.5 Å². The van der Waals surface area contributed by atoms with Gasteiger partial charge in [-0.25, -0.2) is 4.39 Å². The van der Waals surface area contributed by atoms with Gasteiger partial charge in [0.25, 0.3) is 5.89 Å². The number of carbonyl (C=O) groups excluding carboxylic acids is 1. The van der Waals surface area contributed by atoms with Crippen LogP contribution in [0.1, 0.15) is 11.6 Å².